The van der Waals surface area contributed by atoms with Crippen molar-refractivity contribution in [1.29, 1.82) is 0 Å². The molecule has 0 unspecified atom stereocenters. The lowest BCUT2D eigenvalue weighted by atomic mass is 10.2. The number of halogens is 1. The molecule has 0 amide bonds. The molecule has 6 nitrogen and oxygen atoms in total. The maximum absolute atomic E-state index is 13.2. The molecule has 4 rings (SSSR count). The summed E-state index contributed by atoms with van der Waals surface area (Å²) >= 11 is 1.36. The van der Waals surface area contributed by atoms with Crippen molar-refractivity contribution in [3.05, 3.63) is 89.1 Å². The smallest absolute Gasteiger partial charge is 0.191 e. The molecule has 0 spiro atoms. The number of aromatic nitrogens is 4. The minimum atomic E-state index is -0.257. The van der Waals surface area contributed by atoms with Crippen molar-refractivity contribution in [3.8, 4) is 0 Å². The zero-order chi connectivity index (χ0) is 21.1. The van der Waals surface area contributed by atoms with Crippen LogP contribution in [0.3, 0.4) is 0 Å². The molecule has 0 fully saturated rings. The maximum Gasteiger partial charge on any atom is 0.191 e. The van der Waals surface area contributed by atoms with Crippen LogP contribution in [0.2, 0.25) is 0 Å². The number of thioether (sulfide) groups is 1. The summed E-state index contributed by atoms with van der Waals surface area (Å²) in [5.41, 5.74) is 3.57. The van der Waals surface area contributed by atoms with E-state index < -0.39 is 0 Å². The number of carbonyl (C=O) groups excluding carboxylic acids is 1. The Kier molecular flexibility index (Phi) is 5.85. The number of rotatable bonds is 8. The van der Waals surface area contributed by atoms with E-state index in [0.717, 1.165) is 22.7 Å². The van der Waals surface area contributed by atoms with E-state index in [9.17, 15) is 9.18 Å². The van der Waals surface area contributed by atoms with Crippen molar-refractivity contribution in [3.63, 3.8) is 0 Å². The van der Waals surface area contributed by atoms with Gasteiger partial charge >= 0.3 is 0 Å². The fourth-order valence-corrected chi connectivity index (χ4v) is 4.14. The summed E-state index contributed by atoms with van der Waals surface area (Å²) in [6.45, 7) is 5.02. The van der Waals surface area contributed by atoms with Gasteiger partial charge in [0.25, 0.3) is 0 Å². The third-order valence-electron chi connectivity index (χ3n) is 4.95. The first-order chi connectivity index (χ1) is 14.5. The Morgan fingerprint density at radius 2 is 1.97 bits per heavy atom. The molecular weight excluding hydrogens is 403 g/mol. The number of hydrogen-bond acceptors (Lipinski definition) is 5. The number of hydrogen-bond donors (Lipinski definition) is 0. The molecule has 0 aliphatic heterocycles. The molecule has 0 atom stereocenters. The fraction of sp³-hybridized carbons (Fsp3) is 0.227. The van der Waals surface area contributed by atoms with E-state index in [1.807, 2.05) is 36.6 Å². The second-order valence-corrected chi connectivity index (χ2v) is 7.97. The molecule has 3 aromatic heterocycles. The van der Waals surface area contributed by atoms with Gasteiger partial charge in [-0.2, -0.15) is 0 Å². The summed E-state index contributed by atoms with van der Waals surface area (Å²) in [6, 6.07) is 12.0. The molecule has 0 aliphatic carbocycles. The van der Waals surface area contributed by atoms with Crippen LogP contribution in [0.5, 0.6) is 0 Å². The average molecular weight is 425 g/mol. The van der Waals surface area contributed by atoms with Gasteiger partial charge in [0.2, 0.25) is 0 Å². The summed E-state index contributed by atoms with van der Waals surface area (Å²) in [5.74, 6) is 0.836. The van der Waals surface area contributed by atoms with Crippen molar-refractivity contribution in [2.45, 2.75) is 32.1 Å². The van der Waals surface area contributed by atoms with Crippen LogP contribution in [0, 0.1) is 19.7 Å². The number of aryl methyl sites for hydroxylation is 1. The molecule has 154 valence electrons. The minimum Gasteiger partial charge on any atom is -0.467 e. The monoisotopic (exact) mass is 424 g/mol. The lowest BCUT2D eigenvalue weighted by molar-refractivity contribution is 0.102. The van der Waals surface area contributed by atoms with Crippen LogP contribution < -0.4 is 0 Å². The zero-order valence-electron chi connectivity index (χ0n) is 16.7. The van der Waals surface area contributed by atoms with Gasteiger partial charge in [-0.05, 0) is 49.7 Å². The van der Waals surface area contributed by atoms with E-state index in [1.54, 1.807) is 24.7 Å². The predicted octanol–water partition coefficient (Wildman–Crippen LogP) is 4.50. The highest BCUT2D eigenvalue weighted by Crippen LogP contribution is 2.22. The number of carbonyl (C=O) groups is 1. The first kappa shape index (κ1) is 20.2. The Morgan fingerprint density at radius 3 is 2.70 bits per heavy atom. The largest absolute Gasteiger partial charge is 0.467 e. The topological polar surface area (TPSA) is 65.8 Å². The third-order valence-corrected chi connectivity index (χ3v) is 5.93. The summed E-state index contributed by atoms with van der Waals surface area (Å²) in [4.78, 5) is 12.9. The van der Waals surface area contributed by atoms with E-state index >= 15 is 0 Å². The molecule has 4 aromatic rings. The van der Waals surface area contributed by atoms with Gasteiger partial charge in [-0.3, -0.25) is 4.79 Å². The van der Waals surface area contributed by atoms with Crippen LogP contribution in [-0.4, -0.2) is 30.9 Å². The Labute approximate surface area is 177 Å². The van der Waals surface area contributed by atoms with Crippen LogP contribution in [0.15, 0.2) is 64.6 Å². The van der Waals surface area contributed by atoms with Gasteiger partial charge in [0.1, 0.15) is 17.9 Å². The molecule has 0 N–H and O–H groups in total. The lowest BCUT2D eigenvalue weighted by Gasteiger charge is -2.10. The standard InChI is InChI=1S/C22H21FN4O2S/c1-15-10-20(16(2)27(15)11-17-5-7-18(23)8-6-17)21(28)13-30-22-25-24-14-26(22)12-19-4-3-9-29-19/h3-10,14H,11-13H2,1-2H3. The van der Waals surface area contributed by atoms with Crippen LogP contribution in [-0.2, 0) is 13.1 Å². The van der Waals surface area contributed by atoms with Crippen LogP contribution in [0.25, 0.3) is 0 Å². The second-order valence-electron chi connectivity index (χ2n) is 7.03. The Bertz CT molecular complexity index is 1150. The van der Waals surface area contributed by atoms with E-state index in [1.165, 1.54) is 23.9 Å². The molecule has 3 heterocycles. The first-order valence-electron chi connectivity index (χ1n) is 9.48. The van der Waals surface area contributed by atoms with Crippen LogP contribution >= 0.6 is 11.8 Å². The van der Waals surface area contributed by atoms with Gasteiger partial charge in [-0.1, -0.05) is 23.9 Å². The lowest BCUT2D eigenvalue weighted by Crippen LogP contribution is -2.08. The van der Waals surface area contributed by atoms with Gasteiger partial charge in [-0.25, -0.2) is 4.39 Å². The predicted molar refractivity (Wildman–Crippen MR) is 112 cm³/mol. The van der Waals surface area contributed by atoms with Crippen molar-refractivity contribution in [2.24, 2.45) is 0 Å². The number of ketones is 1. The number of nitrogens with zero attached hydrogens (tertiary/aromatic N) is 4. The number of benzene rings is 1. The quantitative estimate of drug-likeness (QED) is 0.308. The highest BCUT2D eigenvalue weighted by molar-refractivity contribution is 7.99. The van der Waals surface area contributed by atoms with Crippen LogP contribution in [0.4, 0.5) is 4.39 Å². The Balaban J connectivity index is 1.44. The zero-order valence-corrected chi connectivity index (χ0v) is 17.5. The van der Waals surface area contributed by atoms with Gasteiger partial charge in [0.15, 0.2) is 10.9 Å². The molecule has 30 heavy (non-hydrogen) atoms. The second kappa shape index (κ2) is 8.71. The summed E-state index contributed by atoms with van der Waals surface area (Å²) in [5, 5.41) is 8.73. The Morgan fingerprint density at radius 1 is 1.17 bits per heavy atom. The van der Waals surface area contributed by atoms with Crippen molar-refractivity contribution >= 4 is 17.5 Å². The van der Waals surface area contributed by atoms with E-state index in [4.69, 9.17) is 4.42 Å². The summed E-state index contributed by atoms with van der Waals surface area (Å²) in [7, 11) is 0. The fourth-order valence-electron chi connectivity index (χ4n) is 3.34. The van der Waals surface area contributed by atoms with E-state index in [-0.39, 0.29) is 17.4 Å². The van der Waals surface area contributed by atoms with Crippen molar-refractivity contribution in [1.82, 2.24) is 19.3 Å². The SMILES string of the molecule is Cc1cc(C(=O)CSc2nncn2Cc2ccco2)c(C)n1Cc1ccc(F)cc1. The normalized spacial score (nSPS) is 11.2. The van der Waals surface area contributed by atoms with Gasteiger partial charge in [0.05, 0.1) is 18.6 Å². The molecule has 0 aliphatic rings. The maximum atomic E-state index is 13.2. The molecule has 0 saturated heterocycles. The average Bonchev–Trinajstić information content (AvgIpc) is 3.46. The Hall–Kier alpha value is -3.13. The van der Waals surface area contributed by atoms with E-state index in [0.29, 0.717) is 23.8 Å². The minimum absolute atomic E-state index is 0.0333. The number of furan rings is 1. The molecule has 0 radical (unpaired) electrons. The van der Waals surface area contributed by atoms with Crippen LogP contribution in [0.1, 0.15) is 33.1 Å². The van der Waals surface area contributed by atoms with E-state index in [2.05, 4.69) is 14.8 Å². The highest BCUT2D eigenvalue weighted by atomic mass is 32.2. The first-order valence-corrected chi connectivity index (χ1v) is 10.5. The van der Waals surface area contributed by atoms with Crippen molar-refractivity contribution in [2.75, 3.05) is 5.75 Å². The molecule has 8 heteroatoms. The van der Waals surface area contributed by atoms with Crippen molar-refractivity contribution < 1.29 is 13.6 Å². The molecule has 0 saturated carbocycles. The summed E-state index contributed by atoms with van der Waals surface area (Å²) < 4.78 is 22.5. The molecule has 1 aromatic carbocycles. The molecule has 0 bridgehead atoms. The van der Waals surface area contributed by atoms with Gasteiger partial charge in [0, 0.05) is 23.5 Å². The summed E-state index contributed by atoms with van der Waals surface area (Å²) in [6.07, 6.45) is 3.25. The van der Waals surface area contributed by atoms with Gasteiger partial charge in [-0.15, -0.1) is 10.2 Å². The number of Topliss-reactive ketones (excluding diaryl/α,β-unsaturated/α-hetero) is 1. The highest BCUT2D eigenvalue weighted by Gasteiger charge is 2.17. The molecular formula is C22H21FN4O2S. The van der Waals surface area contributed by atoms with Gasteiger partial charge < -0.3 is 13.6 Å². The third kappa shape index (κ3) is 4.38.